The first-order valence-corrected chi connectivity index (χ1v) is 6.03. The van der Waals surface area contributed by atoms with E-state index in [1.807, 2.05) is 0 Å². The number of hydrogen-bond donors (Lipinski definition) is 3. The number of nitrogens with two attached hydrogens (primary N) is 1. The molecule has 2 rings (SSSR count). The summed E-state index contributed by atoms with van der Waals surface area (Å²) >= 11 is 0. The summed E-state index contributed by atoms with van der Waals surface area (Å²) in [7, 11) is 0. The van der Waals surface area contributed by atoms with E-state index in [1.54, 1.807) is 0 Å². The second-order valence-corrected chi connectivity index (χ2v) is 4.84. The first-order chi connectivity index (χ1) is 8.19. The minimum atomic E-state index is -0.759. The van der Waals surface area contributed by atoms with Crippen LogP contribution in [0.5, 0.6) is 0 Å². The van der Waals surface area contributed by atoms with E-state index in [9.17, 15) is 4.79 Å². The van der Waals surface area contributed by atoms with Crippen LogP contribution in [0.15, 0.2) is 5.16 Å². The van der Waals surface area contributed by atoms with Crippen molar-refractivity contribution >= 4 is 11.7 Å². The number of rotatable bonds is 7. The van der Waals surface area contributed by atoms with Gasteiger partial charge in [0.15, 0.2) is 5.84 Å². The van der Waals surface area contributed by atoms with Crippen LogP contribution in [0.3, 0.4) is 0 Å². The Hall–Kier alpha value is -1.30. The number of ether oxygens (including phenoxy) is 1. The maximum absolute atomic E-state index is 11.8. The lowest BCUT2D eigenvalue weighted by molar-refractivity contribution is -0.124. The lowest BCUT2D eigenvalue weighted by Crippen LogP contribution is -2.41. The molecule has 1 amide bonds. The van der Waals surface area contributed by atoms with Crippen LogP contribution in [-0.4, -0.2) is 36.7 Å². The fourth-order valence-electron chi connectivity index (χ4n) is 1.76. The molecule has 6 nitrogen and oxygen atoms in total. The molecule has 0 unspecified atom stereocenters. The first kappa shape index (κ1) is 12.2. The quantitative estimate of drug-likeness (QED) is 0.193. The molecule has 6 heteroatoms. The Labute approximate surface area is 100 Å². The van der Waals surface area contributed by atoms with Crippen LogP contribution in [0.4, 0.5) is 0 Å². The van der Waals surface area contributed by atoms with Crippen LogP contribution in [-0.2, 0) is 9.53 Å². The lowest BCUT2D eigenvalue weighted by Gasteiger charge is -2.13. The van der Waals surface area contributed by atoms with E-state index in [-0.39, 0.29) is 11.7 Å². The molecule has 2 aliphatic rings. The van der Waals surface area contributed by atoms with E-state index >= 15 is 0 Å². The van der Waals surface area contributed by atoms with Gasteiger partial charge in [0.25, 0.3) is 0 Å². The SMILES string of the molecule is NC(=NO)C1(C(=O)NCCOCC2CC2)CC1. The van der Waals surface area contributed by atoms with Gasteiger partial charge in [0.2, 0.25) is 5.91 Å². The molecule has 0 aromatic carbocycles. The number of carbonyl (C=O) groups excluding carboxylic acids is 1. The van der Waals surface area contributed by atoms with Gasteiger partial charge in [0.1, 0.15) is 5.41 Å². The molecular weight excluding hydrogens is 222 g/mol. The predicted octanol–water partition coefficient (Wildman–Crippen LogP) is 0.0558. The van der Waals surface area contributed by atoms with Gasteiger partial charge in [-0.3, -0.25) is 4.79 Å². The molecule has 0 atom stereocenters. The molecule has 0 aromatic heterocycles. The maximum atomic E-state index is 11.8. The zero-order chi connectivity index (χ0) is 12.3. The van der Waals surface area contributed by atoms with Gasteiger partial charge < -0.3 is 21.0 Å². The van der Waals surface area contributed by atoms with Crippen molar-refractivity contribution in [2.45, 2.75) is 25.7 Å². The van der Waals surface area contributed by atoms with Crippen molar-refractivity contribution < 1.29 is 14.7 Å². The highest BCUT2D eigenvalue weighted by Gasteiger charge is 2.54. The van der Waals surface area contributed by atoms with E-state index < -0.39 is 5.41 Å². The van der Waals surface area contributed by atoms with E-state index in [1.165, 1.54) is 12.8 Å². The molecule has 2 aliphatic carbocycles. The topological polar surface area (TPSA) is 96.9 Å². The van der Waals surface area contributed by atoms with E-state index in [0.29, 0.717) is 26.0 Å². The highest BCUT2D eigenvalue weighted by Crippen LogP contribution is 2.45. The lowest BCUT2D eigenvalue weighted by atomic mass is 10.1. The van der Waals surface area contributed by atoms with Crippen molar-refractivity contribution in [3.05, 3.63) is 0 Å². The van der Waals surface area contributed by atoms with Crippen LogP contribution in [0.1, 0.15) is 25.7 Å². The predicted molar refractivity (Wildman–Crippen MR) is 61.6 cm³/mol. The number of carbonyl (C=O) groups is 1. The number of amidine groups is 1. The van der Waals surface area contributed by atoms with Crippen LogP contribution in [0, 0.1) is 11.3 Å². The highest BCUT2D eigenvalue weighted by molar-refractivity contribution is 6.09. The summed E-state index contributed by atoms with van der Waals surface area (Å²) in [6.45, 7) is 1.79. The van der Waals surface area contributed by atoms with Crippen LogP contribution in [0.2, 0.25) is 0 Å². The van der Waals surface area contributed by atoms with Crippen molar-refractivity contribution in [1.29, 1.82) is 0 Å². The second kappa shape index (κ2) is 4.91. The standard InChI is InChI=1S/C11H19N3O3/c12-9(14-16)11(3-4-11)10(15)13-5-6-17-7-8-1-2-8/h8,16H,1-7H2,(H2,12,14)(H,13,15). The molecule has 0 aromatic rings. The largest absolute Gasteiger partial charge is 0.409 e. The molecule has 0 spiro atoms. The highest BCUT2D eigenvalue weighted by atomic mass is 16.5. The molecule has 2 fully saturated rings. The number of nitrogens with one attached hydrogen (secondary N) is 1. The monoisotopic (exact) mass is 241 g/mol. The van der Waals surface area contributed by atoms with Crippen molar-refractivity contribution in [3.8, 4) is 0 Å². The Morgan fingerprint density at radius 3 is 2.76 bits per heavy atom. The number of nitrogens with zero attached hydrogens (tertiary/aromatic N) is 1. The summed E-state index contributed by atoms with van der Waals surface area (Å²) in [6.07, 6.45) is 3.83. The average molecular weight is 241 g/mol. The van der Waals surface area contributed by atoms with Gasteiger partial charge >= 0.3 is 0 Å². The van der Waals surface area contributed by atoms with Crippen LogP contribution in [0.25, 0.3) is 0 Å². The summed E-state index contributed by atoms with van der Waals surface area (Å²) in [5.41, 5.74) is 4.74. The molecule has 0 heterocycles. The molecule has 96 valence electrons. The van der Waals surface area contributed by atoms with Gasteiger partial charge in [0, 0.05) is 13.2 Å². The summed E-state index contributed by atoms with van der Waals surface area (Å²) in [5, 5.41) is 14.3. The molecule has 17 heavy (non-hydrogen) atoms. The van der Waals surface area contributed by atoms with Gasteiger partial charge in [-0.05, 0) is 31.6 Å². The zero-order valence-electron chi connectivity index (χ0n) is 9.82. The minimum absolute atomic E-state index is 0.00824. The maximum Gasteiger partial charge on any atom is 0.234 e. The molecule has 0 aliphatic heterocycles. The molecule has 2 saturated carbocycles. The Bertz CT molecular complexity index is 322. The normalized spacial score (nSPS) is 22.2. The van der Waals surface area contributed by atoms with E-state index in [2.05, 4.69) is 10.5 Å². The second-order valence-electron chi connectivity index (χ2n) is 4.84. The zero-order valence-corrected chi connectivity index (χ0v) is 9.82. The molecular formula is C11H19N3O3. The summed E-state index contributed by atoms with van der Waals surface area (Å²) in [4.78, 5) is 11.8. The van der Waals surface area contributed by atoms with Gasteiger partial charge in [-0.2, -0.15) is 0 Å². The Balaban J connectivity index is 1.63. The van der Waals surface area contributed by atoms with Gasteiger partial charge in [0.05, 0.1) is 6.61 Å². The Kier molecular flexibility index (Phi) is 3.51. The van der Waals surface area contributed by atoms with Gasteiger partial charge in [-0.15, -0.1) is 0 Å². The van der Waals surface area contributed by atoms with Crippen molar-refractivity contribution in [1.82, 2.24) is 5.32 Å². The average Bonchev–Trinajstić information content (AvgIpc) is 3.19. The summed E-state index contributed by atoms with van der Waals surface area (Å²) in [5.74, 6) is 0.578. The fourth-order valence-corrected chi connectivity index (χ4v) is 1.76. The third-order valence-corrected chi connectivity index (χ3v) is 3.37. The molecule has 0 saturated heterocycles. The Morgan fingerprint density at radius 1 is 1.53 bits per heavy atom. The van der Waals surface area contributed by atoms with E-state index in [4.69, 9.17) is 15.7 Å². The smallest absolute Gasteiger partial charge is 0.234 e. The van der Waals surface area contributed by atoms with Gasteiger partial charge in [-0.1, -0.05) is 5.16 Å². The summed E-state index contributed by atoms with van der Waals surface area (Å²) in [6, 6.07) is 0. The third-order valence-electron chi connectivity index (χ3n) is 3.37. The van der Waals surface area contributed by atoms with Crippen molar-refractivity contribution in [2.24, 2.45) is 22.2 Å². The van der Waals surface area contributed by atoms with Gasteiger partial charge in [-0.25, -0.2) is 0 Å². The number of oxime groups is 1. The number of hydrogen-bond acceptors (Lipinski definition) is 4. The first-order valence-electron chi connectivity index (χ1n) is 6.03. The van der Waals surface area contributed by atoms with E-state index in [0.717, 1.165) is 12.5 Å². The van der Waals surface area contributed by atoms with Crippen LogP contribution < -0.4 is 11.1 Å². The molecule has 0 radical (unpaired) electrons. The van der Waals surface area contributed by atoms with Crippen LogP contribution >= 0.6 is 0 Å². The molecule has 0 bridgehead atoms. The summed E-state index contributed by atoms with van der Waals surface area (Å²) < 4.78 is 5.40. The fraction of sp³-hybridized carbons (Fsp3) is 0.818. The number of amides is 1. The van der Waals surface area contributed by atoms with Crippen molar-refractivity contribution in [3.63, 3.8) is 0 Å². The molecule has 4 N–H and O–H groups in total. The third kappa shape index (κ3) is 2.88. The minimum Gasteiger partial charge on any atom is -0.409 e. The van der Waals surface area contributed by atoms with Crippen molar-refractivity contribution in [2.75, 3.05) is 19.8 Å². The Morgan fingerprint density at radius 2 is 2.24 bits per heavy atom.